The van der Waals surface area contributed by atoms with Gasteiger partial charge >= 0.3 is 0 Å². The summed E-state index contributed by atoms with van der Waals surface area (Å²) in [5, 5.41) is 9.69. The van der Waals surface area contributed by atoms with E-state index in [-0.39, 0.29) is 5.75 Å². The summed E-state index contributed by atoms with van der Waals surface area (Å²) in [4.78, 5) is 4.39. The second kappa shape index (κ2) is 4.83. The maximum absolute atomic E-state index is 9.69. The molecule has 2 nitrogen and oxygen atoms in total. The van der Waals surface area contributed by atoms with Crippen molar-refractivity contribution in [3.05, 3.63) is 59.2 Å². The Morgan fingerprint density at radius 3 is 2.59 bits per heavy atom. The summed E-state index contributed by atoms with van der Waals surface area (Å²) >= 11 is 0. The van der Waals surface area contributed by atoms with Gasteiger partial charge in [-0.05, 0) is 37.6 Å². The summed E-state index contributed by atoms with van der Waals surface area (Å²) < 4.78 is 0. The summed E-state index contributed by atoms with van der Waals surface area (Å²) in [6, 6.07) is 13.4. The van der Waals surface area contributed by atoms with Crippen LogP contribution in [-0.2, 0) is 0 Å². The van der Waals surface area contributed by atoms with Gasteiger partial charge in [-0.1, -0.05) is 29.8 Å². The third kappa shape index (κ3) is 2.72. The van der Waals surface area contributed by atoms with Crippen molar-refractivity contribution in [1.82, 2.24) is 0 Å². The monoisotopic (exact) mass is 225 g/mol. The zero-order valence-corrected chi connectivity index (χ0v) is 10.0. The molecule has 2 aromatic rings. The van der Waals surface area contributed by atoms with Gasteiger partial charge in [-0.15, -0.1) is 0 Å². The Labute approximate surface area is 101 Å². The Balaban J connectivity index is 2.32. The quantitative estimate of drug-likeness (QED) is 0.775. The number of hydrogen-bond donors (Lipinski definition) is 1. The average molecular weight is 225 g/mol. The highest BCUT2D eigenvalue weighted by Crippen LogP contribution is 2.20. The number of phenols is 1. The van der Waals surface area contributed by atoms with Crippen LogP contribution in [0.25, 0.3) is 0 Å². The molecule has 2 rings (SSSR count). The van der Waals surface area contributed by atoms with Crippen molar-refractivity contribution in [3.8, 4) is 5.75 Å². The molecule has 0 aromatic heterocycles. The van der Waals surface area contributed by atoms with Crippen molar-refractivity contribution in [2.24, 2.45) is 4.99 Å². The van der Waals surface area contributed by atoms with E-state index in [1.165, 1.54) is 0 Å². The van der Waals surface area contributed by atoms with E-state index < -0.39 is 0 Å². The second-order valence-corrected chi connectivity index (χ2v) is 4.11. The van der Waals surface area contributed by atoms with Gasteiger partial charge in [-0.3, -0.25) is 4.99 Å². The van der Waals surface area contributed by atoms with Crippen molar-refractivity contribution in [2.75, 3.05) is 0 Å². The molecule has 17 heavy (non-hydrogen) atoms. The van der Waals surface area contributed by atoms with Gasteiger partial charge in [0.15, 0.2) is 0 Å². The first-order chi connectivity index (χ1) is 8.16. The standard InChI is InChI=1S/C15H15NO/c1-11-7-8-15(17)13(9-11)10-16-14-6-4-3-5-12(14)2/h3-10,17H,1-2H3. The predicted molar refractivity (Wildman–Crippen MR) is 71.3 cm³/mol. The Hall–Kier alpha value is -2.09. The fourth-order valence-electron chi connectivity index (χ4n) is 1.62. The molecule has 0 aliphatic carbocycles. The number of aliphatic imine (C=N–C) groups is 1. The lowest BCUT2D eigenvalue weighted by Crippen LogP contribution is -1.84. The van der Waals surface area contributed by atoms with Crippen LogP contribution in [0.4, 0.5) is 5.69 Å². The maximum Gasteiger partial charge on any atom is 0.124 e. The van der Waals surface area contributed by atoms with Gasteiger partial charge in [-0.2, -0.15) is 0 Å². The molecule has 0 spiro atoms. The highest BCUT2D eigenvalue weighted by Gasteiger charge is 1.98. The molecule has 0 atom stereocenters. The van der Waals surface area contributed by atoms with Crippen molar-refractivity contribution in [1.29, 1.82) is 0 Å². The molecule has 0 saturated heterocycles. The first-order valence-electron chi connectivity index (χ1n) is 5.56. The molecule has 0 bridgehead atoms. The van der Waals surface area contributed by atoms with Gasteiger partial charge in [-0.25, -0.2) is 0 Å². The number of aryl methyl sites for hydroxylation is 2. The highest BCUT2D eigenvalue weighted by atomic mass is 16.3. The third-order valence-electron chi connectivity index (χ3n) is 2.64. The van der Waals surface area contributed by atoms with Crippen LogP contribution >= 0.6 is 0 Å². The molecule has 0 fully saturated rings. The van der Waals surface area contributed by atoms with Gasteiger partial charge in [0.1, 0.15) is 5.75 Å². The van der Waals surface area contributed by atoms with Gasteiger partial charge in [0, 0.05) is 11.8 Å². The number of nitrogens with zero attached hydrogens (tertiary/aromatic N) is 1. The van der Waals surface area contributed by atoms with E-state index >= 15 is 0 Å². The number of hydrogen-bond acceptors (Lipinski definition) is 2. The van der Waals surface area contributed by atoms with E-state index in [2.05, 4.69) is 4.99 Å². The van der Waals surface area contributed by atoms with Crippen LogP contribution in [-0.4, -0.2) is 11.3 Å². The van der Waals surface area contributed by atoms with E-state index in [4.69, 9.17) is 0 Å². The van der Waals surface area contributed by atoms with E-state index in [9.17, 15) is 5.11 Å². The average Bonchev–Trinajstić information content (AvgIpc) is 2.32. The van der Waals surface area contributed by atoms with Crippen LogP contribution in [0.5, 0.6) is 5.75 Å². The lowest BCUT2D eigenvalue weighted by molar-refractivity contribution is 0.474. The van der Waals surface area contributed by atoms with Crippen molar-refractivity contribution < 1.29 is 5.11 Å². The highest BCUT2D eigenvalue weighted by molar-refractivity contribution is 5.85. The number of phenolic OH excluding ortho intramolecular Hbond substituents is 1. The first kappa shape index (κ1) is 11.4. The van der Waals surface area contributed by atoms with Crippen LogP contribution in [0.1, 0.15) is 16.7 Å². The van der Waals surface area contributed by atoms with Crippen LogP contribution in [0.3, 0.4) is 0 Å². The summed E-state index contributed by atoms with van der Waals surface area (Å²) in [5.41, 5.74) is 3.89. The Morgan fingerprint density at radius 1 is 1.06 bits per heavy atom. The first-order valence-corrected chi connectivity index (χ1v) is 5.56. The molecule has 0 radical (unpaired) electrons. The minimum absolute atomic E-state index is 0.257. The van der Waals surface area contributed by atoms with Crippen molar-refractivity contribution >= 4 is 11.9 Å². The zero-order chi connectivity index (χ0) is 12.3. The van der Waals surface area contributed by atoms with Gasteiger partial charge in [0.05, 0.1) is 5.69 Å². The fraction of sp³-hybridized carbons (Fsp3) is 0.133. The fourth-order valence-corrected chi connectivity index (χ4v) is 1.62. The predicted octanol–water partition coefficient (Wildman–Crippen LogP) is 3.76. The SMILES string of the molecule is Cc1ccc(O)c(C=Nc2ccccc2C)c1. The van der Waals surface area contributed by atoms with E-state index in [0.717, 1.165) is 22.4 Å². The molecule has 0 aliphatic heterocycles. The smallest absolute Gasteiger partial charge is 0.124 e. The van der Waals surface area contributed by atoms with Gasteiger partial charge in [0.2, 0.25) is 0 Å². The normalized spacial score (nSPS) is 10.9. The molecule has 2 heteroatoms. The van der Waals surface area contributed by atoms with Crippen LogP contribution in [0, 0.1) is 13.8 Å². The van der Waals surface area contributed by atoms with Crippen molar-refractivity contribution in [2.45, 2.75) is 13.8 Å². The molecule has 2 aromatic carbocycles. The van der Waals surface area contributed by atoms with Crippen LogP contribution in [0.15, 0.2) is 47.5 Å². The van der Waals surface area contributed by atoms with E-state index in [1.54, 1.807) is 12.3 Å². The Bertz CT molecular complexity index is 559. The maximum atomic E-state index is 9.69. The molecule has 0 aliphatic rings. The molecule has 1 N–H and O–H groups in total. The Kier molecular flexibility index (Phi) is 3.24. The minimum atomic E-state index is 0.257. The lowest BCUT2D eigenvalue weighted by Gasteiger charge is -2.01. The Morgan fingerprint density at radius 2 is 1.82 bits per heavy atom. The van der Waals surface area contributed by atoms with E-state index in [1.807, 2.05) is 50.2 Å². The van der Waals surface area contributed by atoms with Crippen molar-refractivity contribution in [3.63, 3.8) is 0 Å². The second-order valence-electron chi connectivity index (χ2n) is 4.11. The molecule has 0 heterocycles. The summed E-state index contributed by atoms with van der Waals surface area (Å²) in [7, 11) is 0. The van der Waals surface area contributed by atoms with Crippen LogP contribution < -0.4 is 0 Å². The number of rotatable bonds is 2. The number of para-hydroxylation sites is 1. The molecule has 0 saturated carbocycles. The number of benzene rings is 2. The molecular weight excluding hydrogens is 210 g/mol. The summed E-state index contributed by atoms with van der Waals surface area (Å²) in [6.45, 7) is 4.01. The molecule has 0 amide bonds. The number of aromatic hydroxyl groups is 1. The molecule has 86 valence electrons. The van der Waals surface area contributed by atoms with Crippen LogP contribution in [0.2, 0.25) is 0 Å². The summed E-state index contributed by atoms with van der Waals surface area (Å²) in [5.74, 6) is 0.257. The largest absolute Gasteiger partial charge is 0.507 e. The zero-order valence-electron chi connectivity index (χ0n) is 10.0. The van der Waals surface area contributed by atoms with Gasteiger partial charge in [0.25, 0.3) is 0 Å². The summed E-state index contributed by atoms with van der Waals surface area (Å²) in [6.07, 6.45) is 1.70. The topological polar surface area (TPSA) is 32.6 Å². The third-order valence-corrected chi connectivity index (χ3v) is 2.64. The minimum Gasteiger partial charge on any atom is -0.507 e. The molecule has 0 unspecified atom stereocenters. The molecular formula is C15H15NO. The van der Waals surface area contributed by atoms with Gasteiger partial charge < -0.3 is 5.11 Å². The van der Waals surface area contributed by atoms with E-state index in [0.29, 0.717) is 0 Å². The lowest BCUT2D eigenvalue weighted by atomic mass is 10.1.